The van der Waals surface area contributed by atoms with Crippen LogP contribution in [0.2, 0.25) is 0 Å². The first-order valence-corrected chi connectivity index (χ1v) is 7.13. The fourth-order valence-electron chi connectivity index (χ4n) is 2.52. The number of aromatic carboxylic acids is 1. The van der Waals surface area contributed by atoms with Crippen molar-refractivity contribution >= 4 is 32.9 Å². The quantitative estimate of drug-likeness (QED) is 0.771. The molecule has 0 spiro atoms. The van der Waals surface area contributed by atoms with E-state index in [1.165, 1.54) is 6.07 Å². The Morgan fingerprint density at radius 3 is 2.52 bits per heavy atom. The van der Waals surface area contributed by atoms with Crippen LogP contribution in [0, 0.1) is 13.8 Å². The predicted molar refractivity (Wildman–Crippen MR) is 83.0 cm³/mol. The lowest BCUT2D eigenvalue weighted by atomic mass is 10.1. The molecule has 0 bridgehead atoms. The van der Waals surface area contributed by atoms with E-state index in [-0.39, 0.29) is 5.56 Å². The highest BCUT2D eigenvalue weighted by Crippen LogP contribution is 2.27. The monoisotopic (exact) mass is 345 g/mol. The number of hydrogen-bond donors (Lipinski definition) is 1. The lowest BCUT2D eigenvalue weighted by Crippen LogP contribution is -2.02. The summed E-state index contributed by atoms with van der Waals surface area (Å²) in [6.45, 7) is 3.98. The summed E-state index contributed by atoms with van der Waals surface area (Å²) in [5, 5.41) is 17.4. The Morgan fingerprint density at radius 2 is 1.90 bits per heavy atom. The van der Waals surface area contributed by atoms with Crippen molar-refractivity contribution in [3.05, 3.63) is 51.5 Å². The van der Waals surface area contributed by atoms with Gasteiger partial charge in [0, 0.05) is 4.47 Å². The lowest BCUT2D eigenvalue weighted by Gasteiger charge is -2.11. The number of rotatable bonds is 2. The number of aryl methyl sites for hydroxylation is 2. The van der Waals surface area contributed by atoms with Crippen LogP contribution in [0.3, 0.4) is 0 Å². The molecule has 0 saturated heterocycles. The van der Waals surface area contributed by atoms with E-state index in [4.69, 9.17) is 0 Å². The van der Waals surface area contributed by atoms with Crippen molar-refractivity contribution in [1.29, 1.82) is 0 Å². The minimum atomic E-state index is -1.00. The molecule has 106 valence electrons. The first kappa shape index (κ1) is 13.8. The van der Waals surface area contributed by atoms with Crippen LogP contribution in [-0.2, 0) is 0 Å². The van der Waals surface area contributed by atoms with Crippen molar-refractivity contribution in [2.24, 2.45) is 0 Å². The Morgan fingerprint density at radius 1 is 1.24 bits per heavy atom. The van der Waals surface area contributed by atoms with Gasteiger partial charge in [0.2, 0.25) is 0 Å². The van der Waals surface area contributed by atoms with E-state index in [9.17, 15) is 9.90 Å². The third-order valence-electron chi connectivity index (χ3n) is 3.38. The van der Waals surface area contributed by atoms with Crippen LogP contribution in [0.15, 0.2) is 34.8 Å². The number of aromatic nitrogens is 3. The fourth-order valence-corrected chi connectivity index (χ4v) is 3.21. The van der Waals surface area contributed by atoms with Crippen LogP contribution in [-0.4, -0.2) is 26.1 Å². The van der Waals surface area contributed by atoms with Gasteiger partial charge in [-0.05, 0) is 49.2 Å². The molecule has 5 nitrogen and oxygen atoms in total. The van der Waals surface area contributed by atoms with Crippen LogP contribution < -0.4 is 0 Å². The van der Waals surface area contributed by atoms with Crippen LogP contribution >= 0.6 is 15.9 Å². The van der Waals surface area contributed by atoms with Crippen molar-refractivity contribution in [2.45, 2.75) is 13.8 Å². The molecule has 0 radical (unpaired) electrons. The number of carboxylic acids is 1. The first-order chi connectivity index (χ1) is 9.99. The maximum atomic E-state index is 11.3. The number of carboxylic acid groups (broad SMARTS) is 1. The molecule has 21 heavy (non-hydrogen) atoms. The van der Waals surface area contributed by atoms with Crippen LogP contribution in [0.25, 0.3) is 16.7 Å². The number of halogens is 1. The van der Waals surface area contributed by atoms with Gasteiger partial charge in [-0.15, -0.1) is 5.10 Å². The molecular formula is C15H12BrN3O2. The Kier molecular flexibility index (Phi) is 3.25. The predicted octanol–water partition coefficient (Wildman–Crippen LogP) is 3.50. The summed E-state index contributed by atoms with van der Waals surface area (Å²) in [4.78, 5) is 11.3. The van der Waals surface area contributed by atoms with Gasteiger partial charge in [0.25, 0.3) is 0 Å². The SMILES string of the molecule is Cc1cc(Br)cc(C)c1-n1nnc2c(C(=O)O)cccc21. The van der Waals surface area contributed by atoms with Crippen LogP contribution in [0.5, 0.6) is 0 Å². The van der Waals surface area contributed by atoms with Gasteiger partial charge in [-0.3, -0.25) is 0 Å². The van der Waals surface area contributed by atoms with Gasteiger partial charge in [-0.1, -0.05) is 27.2 Å². The van der Waals surface area contributed by atoms with Crippen LogP contribution in [0.4, 0.5) is 0 Å². The minimum absolute atomic E-state index is 0.158. The fraction of sp³-hybridized carbons (Fsp3) is 0.133. The van der Waals surface area contributed by atoms with E-state index in [0.717, 1.165) is 21.3 Å². The summed E-state index contributed by atoms with van der Waals surface area (Å²) in [6, 6.07) is 9.05. The summed E-state index contributed by atoms with van der Waals surface area (Å²) in [5.41, 5.74) is 4.23. The van der Waals surface area contributed by atoms with Gasteiger partial charge in [0.15, 0.2) is 0 Å². The zero-order chi connectivity index (χ0) is 15.1. The zero-order valence-electron chi connectivity index (χ0n) is 11.5. The molecule has 0 unspecified atom stereocenters. The number of hydrogen-bond acceptors (Lipinski definition) is 3. The number of carbonyl (C=O) groups is 1. The summed E-state index contributed by atoms with van der Waals surface area (Å²) in [6.07, 6.45) is 0. The van der Waals surface area contributed by atoms with Gasteiger partial charge >= 0.3 is 5.97 Å². The summed E-state index contributed by atoms with van der Waals surface area (Å²) in [5.74, 6) is -1.00. The number of benzene rings is 2. The zero-order valence-corrected chi connectivity index (χ0v) is 13.0. The standard InChI is InChI=1S/C15H12BrN3O2/c1-8-6-10(16)7-9(2)14(8)19-12-5-3-4-11(15(20)21)13(12)17-18-19/h3-7H,1-2H3,(H,20,21). The molecule has 1 N–H and O–H groups in total. The van der Waals surface area contributed by atoms with Crippen LogP contribution in [0.1, 0.15) is 21.5 Å². The molecule has 3 aromatic rings. The van der Waals surface area contributed by atoms with E-state index in [1.54, 1.807) is 10.7 Å². The van der Waals surface area contributed by atoms with Crippen molar-refractivity contribution in [2.75, 3.05) is 0 Å². The maximum absolute atomic E-state index is 11.3. The molecule has 0 fully saturated rings. The summed E-state index contributed by atoms with van der Waals surface area (Å²) < 4.78 is 2.69. The van der Waals surface area contributed by atoms with E-state index < -0.39 is 5.97 Å². The van der Waals surface area contributed by atoms with Crippen molar-refractivity contribution in [3.8, 4) is 5.69 Å². The lowest BCUT2D eigenvalue weighted by molar-refractivity contribution is 0.0699. The molecule has 0 aliphatic heterocycles. The molecule has 2 aromatic carbocycles. The number of nitrogens with zero attached hydrogens (tertiary/aromatic N) is 3. The van der Waals surface area contributed by atoms with Crippen molar-refractivity contribution < 1.29 is 9.90 Å². The van der Waals surface area contributed by atoms with E-state index in [0.29, 0.717) is 11.0 Å². The molecule has 3 rings (SSSR count). The second-order valence-electron chi connectivity index (χ2n) is 4.87. The number of fused-ring (bicyclic) bond motifs is 1. The minimum Gasteiger partial charge on any atom is -0.478 e. The molecule has 0 aliphatic rings. The van der Waals surface area contributed by atoms with Gasteiger partial charge in [-0.25, -0.2) is 9.48 Å². The maximum Gasteiger partial charge on any atom is 0.338 e. The molecule has 0 saturated carbocycles. The molecule has 1 aromatic heterocycles. The van der Waals surface area contributed by atoms with Gasteiger partial charge in [0.05, 0.1) is 16.8 Å². The highest BCUT2D eigenvalue weighted by Gasteiger charge is 2.16. The first-order valence-electron chi connectivity index (χ1n) is 6.34. The van der Waals surface area contributed by atoms with Crippen molar-refractivity contribution in [1.82, 2.24) is 15.0 Å². The highest BCUT2D eigenvalue weighted by atomic mass is 79.9. The van der Waals surface area contributed by atoms with E-state index in [2.05, 4.69) is 26.2 Å². The molecule has 0 atom stereocenters. The molecule has 0 aliphatic carbocycles. The van der Waals surface area contributed by atoms with E-state index >= 15 is 0 Å². The largest absolute Gasteiger partial charge is 0.478 e. The van der Waals surface area contributed by atoms with Gasteiger partial charge in [-0.2, -0.15) is 0 Å². The van der Waals surface area contributed by atoms with Gasteiger partial charge in [0.1, 0.15) is 5.52 Å². The second-order valence-corrected chi connectivity index (χ2v) is 5.78. The molecule has 1 heterocycles. The van der Waals surface area contributed by atoms with Crippen molar-refractivity contribution in [3.63, 3.8) is 0 Å². The normalized spacial score (nSPS) is 11.0. The molecule has 6 heteroatoms. The van der Waals surface area contributed by atoms with E-state index in [1.807, 2.05) is 32.0 Å². The Hall–Kier alpha value is -2.21. The average Bonchev–Trinajstić information content (AvgIpc) is 2.81. The van der Waals surface area contributed by atoms with Gasteiger partial charge < -0.3 is 5.11 Å². The molecule has 0 amide bonds. The Balaban J connectivity index is 2.33. The third kappa shape index (κ3) is 2.21. The summed E-state index contributed by atoms with van der Waals surface area (Å²) >= 11 is 3.47. The average molecular weight is 346 g/mol. The topological polar surface area (TPSA) is 68.0 Å². The smallest absolute Gasteiger partial charge is 0.338 e. The second kappa shape index (κ2) is 4.96. The molecular weight excluding hydrogens is 334 g/mol. The Bertz CT molecular complexity index is 847. The Labute approximate surface area is 129 Å². The third-order valence-corrected chi connectivity index (χ3v) is 3.83. The highest BCUT2D eigenvalue weighted by molar-refractivity contribution is 9.10. The summed E-state index contributed by atoms with van der Waals surface area (Å²) in [7, 11) is 0.